The topological polar surface area (TPSA) is 114 Å². The third-order valence-corrected chi connectivity index (χ3v) is 5.97. The number of benzene rings is 1. The van der Waals surface area contributed by atoms with Crippen LogP contribution >= 0.6 is 0 Å². The highest BCUT2D eigenvalue weighted by atomic mass is 16.5. The zero-order valence-corrected chi connectivity index (χ0v) is 18.8. The standard InChI is InChI=1S/C22H30N8O2/c1-4-19-15(2)23-22(25-21(19)31)24-17-9-11-29(12-10-17)14-20-26-27-28-30(20)13-16-5-7-18(32-3)8-6-16/h5-8,17H,4,9-14H2,1-3H3,(H2,23,24,25,31). The number of piperidine rings is 1. The number of aryl methyl sites for hydroxylation is 1. The lowest BCUT2D eigenvalue weighted by Crippen LogP contribution is -2.39. The predicted octanol–water partition coefficient (Wildman–Crippen LogP) is 1.76. The molecule has 4 rings (SSSR count). The summed E-state index contributed by atoms with van der Waals surface area (Å²) >= 11 is 0. The average molecular weight is 439 g/mol. The number of aromatic amines is 1. The number of nitrogens with zero attached hydrogens (tertiary/aromatic N) is 6. The highest BCUT2D eigenvalue weighted by Crippen LogP contribution is 2.17. The van der Waals surface area contributed by atoms with Gasteiger partial charge in [-0.1, -0.05) is 19.1 Å². The molecule has 32 heavy (non-hydrogen) atoms. The number of anilines is 1. The highest BCUT2D eigenvalue weighted by Gasteiger charge is 2.22. The maximum Gasteiger partial charge on any atom is 0.255 e. The van der Waals surface area contributed by atoms with Crippen molar-refractivity contribution in [3.05, 3.63) is 57.3 Å². The molecule has 10 nitrogen and oxygen atoms in total. The fraction of sp³-hybridized carbons (Fsp3) is 0.500. The monoisotopic (exact) mass is 438 g/mol. The van der Waals surface area contributed by atoms with Gasteiger partial charge in [0.2, 0.25) is 5.95 Å². The number of ether oxygens (including phenoxy) is 1. The SMILES string of the molecule is CCc1c(C)nc(NC2CCN(Cc3nnnn3Cc3ccc(OC)cc3)CC2)[nH]c1=O. The quantitative estimate of drug-likeness (QED) is 0.547. The fourth-order valence-electron chi connectivity index (χ4n) is 4.09. The molecular weight excluding hydrogens is 408 g/mol. The van der Waals surface area contributed by atoms with Gasteiger partial charge >= 0.3 is 0 Å². The number of methoxy groups -OCH3 is 1. The van der Waals surface area contributed by atoms with Crippen molar-refractivity contribution in [3.8, 4) is 5.75 Å². The molecule has 0 saturated carbocycles. The molecule has 0 bridgehead atoms. The minimum atomic E-state index is -0.0522. The summed E-state index contributed by atoms with van der Waals surface area (Å²) in [7, 11) is 1.66. The van der Waals surface area contributed by atoms with Crippen molar-refractivity contribution in [2.45, 2.75) is 52.2 Å². The van der Waals surface area contributed by atoms with Crippen LogP contribution in [0.3, 0.4) is 0 Å². The Morgan fingerprint density at radius 3 is 2.59 bits per heavy atom. The minimum absolute atomic E-state index is 0.0522. The van der Waals surface area contributed by atoms with Crippen LogP contribution in [0.15, 0.2) is 29.1 Å². The van der Waals surface area contributed by atoms with Crippen LogP contribution in [0.4, 0.5) is 5.95 Å². The van der Waals surface area contributed by atoms with Crippen molar-refractivity contribution in [2.75, 3.05) is 25.5 Å². The van der Waals surface area contributed by atoms with Crippen LogP contribution in [-0.2, 0) is 19.5 Å². The molecule has 1 fully saturated rings. The van der Waals surface area contributed by atoms with Crippen LogP contribution in [0, 0.1) is 6.92 Å². The molecule has 1 saturated heterocycles. The summed E-state index contributed by atoms with van der Waals surface area (Å²) in [5.74, 6) is 2.24. The van der Waals surface area contributed by atoms with E-state index in [9.17, 15) is 4.79 Å². The van der Waals surface area contributed by atoms with Crippen molar-refractivity contribution in [1.29, 1.82) is 0 Å². The zero-order valence-electron chi connectivity index (χ0n) is 18.8. The molecule has 0 amide bonds. The molecule has 1 aliphatic heterocycles. The van der Waals surface area contributed by atoms with Crippen molar-refractivity contribution in [2.24, 2.45) is 0 Å². The van der Waals surface area contributed by atoms with Gasteiger partial charge in [0.1, 0.15) is 5.75 Å². The van der Waals surface area contributed by atoms with Crippen molar-refractivity contribution < 1.29 is 4.74 Å². The number of hydrogen-bond donors (Lipinski definition) is 2. The van der Waals surface area contributed by atoms with Gasteiger partial charge in [-0.2, -0.15) is 0 Å². The Morgan fingerprint density at radius 2 is 1.94 bits per heavy atom. The number of H-pyrrole nitrogens is 1. The summed E-state index contributed by atoms with van der Waals surface area (Å²) in [5, 5.41) is 15.7. The van der Waals surface area contributed by atoms with Crippen LogP contribution in [-0.4, -0.2) is 61.3 Å². The summed E-state index contributed by atoms with van der Waals surface area (Å²) in [5.41, 5.74) is 2.61. The van der Waals surface area contributed by atoms with E-state index in [0.29, 0.717) is 25.5 Å². The van der Waals surface area contributed by atoms with Crippen LogP contribution < -0.4 is 15.6 Å². The summed E-state index contributed by atoms with van der Waals surface area (Å²) in [6.07, 6.45) is 2.60. The second kappa shape index (κ2) is 9.90. The van der Waals surface area contributed by atoms with Crippen LogP contribution in [0.2, 0.25) is 0 Å². The van der Waals surface area contributed by atoms with Crippen molar-refractivity contribution >= 4 is 5.95 Å². The maximum absolute atomic E-state index is 12.2. The predicted molar refractivity (Wildman–Crippen MR) is 121 cm³/mol. The molecule has 1 aromatic carbocycles. The van der Waals surface area contributed by atoms with Crippen molar-refractivity contribution in [1.82, 2.24) is 35.1 Å². The molecule has 170 valence electrons. The Labute approximate surface area is 187 Å². The van der Waals surface area contributed by atoms with Gasteiger partial charge in [0.05, 0.1) is 20.2 Å². The maximum atomic E-state index is 12.2. The molecule has 1 aliphatic rings. The molecular formula is C22H30N8O2. The Morgan fingerprint density at radius 1 is 1.19 bits per heavy atom. The molecule has 0 atom stereocenters. The number of hydrogen-bond acceptors (Lipinski definition) is 8. The Balaban J connectivity index is 1.31. The van der Waals surface area contributed by atoms with Crippen LogP contribution in [0.25, 0.3) is 0 Å². The van der Waals surface area contributed by atoms with E-state index in [-0.39, 0.29) is 11.6 Å². The largest absolute Gasteiger partial charge is 0.497 e. The summed E-state index contributed by atoms with van der Waals surface area (Å²) in [6, 6.07) is 8.20. The van der Waals surface area contributed by atoms with Crippen molar-refractivity contribution in [3.63, 3.8) is 0 Å². The lowest BCUT2D eigenvalue weighted by Gasteiger charge is -2.32. The fourth-order valence-corrected chi connectivity index (χ4v) is 4.09. The van der Waals surface area contributed by atoms with E-state index in [1.54, 1.807) is 7.11 Å². The number of nitrogens with one attached hydrogen (secondary N) is 2. The van der Waals surface area contributed by atoms with Gasteiger partial charge in [-0.05, 0) is 54.3 Å². The van der Waals surface area contributed by atoms with Crippen LogP contribution in [0.1, 0.15) is 42.4 Å². The first-order chi connectivity index (χ1) is 15.6. The summed E-state index contributed by atoms with van der Waals surface area (Å²) in [4.78, 5) is 21.9. The number of rotatable bonds is 8. The van der Waals surface area contributed by atoms with Gasteiger partial charge in [-0.25, -0.2) is 9.67 Å². The number of likely N-dealkylation sites (tertiary alicyclic amines) is 1. The van der Waals surface area contributed by atoms with Gasteiger partial charge in [-0.3, -0.25) is 14.7 Å². The third kappa shape index (κ3) is 5.13. The minimum Gasteiger partial charge on any atom is -0.497 e. The third-order valence-electron chi connectivity index (χ3n) is 5.97. The zero-order chi connectivity index (χ0) is 22.5. The lowest BCUT2D eigenvalue weighted by atomic mass is 10.1. The molecule has 3 aromatic rings. The van der Waals surface area contributed by atoms with Gasteiger partial charge in [-0.15, -0.1) is 5.10 Å². The lowest BCUT2D eigenvalue weighted by molar-refractivity contribution is 0.203. The molecule has 2 N–H and O–H groups in total. The first kappa shape index (κ1) is 21.9. The van der Waals surface area contributed by atoms with Gasteiger partial charge < -0.3 is 10.1 Å². The van der Waals surface area contributed by atoms with E-state index in [4.69, 9.17) is 4.74 Å². The van der Waals surface area contributed by atoms with E-state index in [0.717, 1.165) is 54.3 Å². The van der Waals surface area contributed by atoms with E-state index < -0.39 is 0 Å². The molecule has 0 unspecified atom stereocenters. The number of aromatic nitrogens is 6. The molecule has 10 heteroatoms. The Bertz CT molecular complexity index is 1080. The highest BCUT2D eigenvalue weighted by molar-refractivity contribution is 5.30. The number of tetrazole rings is 1. The molecule has 2 aromatic heterocycles. The Kier molecular flexibility index (Phi) is 6.79. The summed E-state index contributed by atoms with van der Waals surface area (Å²) in [6.45, 7) is 7.02. The summed E-state index contributed by atoms with van der Waals surface area (Å²) < 4.78 is 7.06. The molecule has 0 radical (unpaired) electrons. The van der Waals surface area contributed by atoms with Gasteiger partial charge in [0.15, 0.2) is 5.82 Å². The van der Waals surface area contributed by atoms with Gasteiger partial charge in [0, 0.05) is 30.4 Å². The second-order valence-corrected chi connectivity index (χ2v) is 8.13. The Hall–Kier alpha value is -3.27. The first-order valence-electron chi connectivity index (χ1n) is 11.0. The second-order valence-electron chi connectivity index (χ2n) is 8.13. The molecule has 0 aliphatic carbocycles. The first-order valence-corrected chi connectivity index (χ1v) is 11.0. The average Bonchev–Trinajstić information content (AvgIpc) is 3.22. The van der Waals surface area contributed by atoms with Gasteiger partial charge in [0.25, 0.3) is 5.56 Å². The van der Waals surface area contributed by atoms with E-state index in [2.05, 4.69) is 35.7 Å². The smallest absolute Gasteiger partial charge is 0.255 e. The normalized spacial score (nSPS) is 15.1. The van der Waals surface area contributed by atoms with E-state index in [1.165, 1.54) is 0 Å². The van der Waals surface area contributed by atoms with E-state index in [1.807, 2.05) is 42.8 Å². The van der Waals surface area contributed by atoms with Crippen LogP contribution in [0.5, 0.6) is 5.75 Å². The van der Waals surface area contributed by atoms with E-state index >= 15 is 0 Å². The molecule has 3 heterocycles. The molecule has 0 spiro atoms.